The third-order valence-electron chi connectivity index (χ3n) is 3.56. The first-order chi connectivity index (χ1) is 9.52. The molecule has 1 saturated heterocycles. The number of aliphatic hydroxyl groups is 1. The maximum atomic E-state index is 11.8. The van der Waals surface area contributed by atoms with Crippen molar-refractivity contribution in [2.24, 2.45) is 0 Å². The first-order valence-corrected chi connectivity index (χ1v) is 7.33. The summed E-state index contributed by atoms with van der Waals surface area (Å²) in [4.78, 5) is 14.5. The molecule has 1 aromatic rings. The number of carbonyl (C=O) groups is 1. The minimum atomic E-state index is -1.51. The summed E-state index contributed by atoms with van der Waals surface area (Å²) in [5, 5.41) is 30.1. The van der Waals surface area contributed by atoms with Gasteiger partial charge in [0.2, 0.25) is 0 Å². The number of likely N-dealkylation sites (tertiary alicyclic amines) is 1. The minimum absolute atomic E-state index is 0.342. The summed E-state index contributed by atoms with van der Waals surface area (Å²) in [6.07, 6.45) is 0.437. The van der Waals surface area contributed by atoms with Gasteiger partial charge in [-0.3, -0.25) is 9.69 Å². The fraction of sp³-hybridized carbons (Fsp3) is 0.583. The average molecular weight is 299 g/mol. The van der Waals surface area contributed by atoms with E-state index in [0.717, 1.165) is 4.88 Å². The zero-order valence-corrected chi connectivity index (χ0v) is 12.0. The smallest absolute Gasteiger partial charge is 0.468 e. The molecule has 8 heteroatoms. The van der Waals surface area contributed by atoms with Crippen LogP contribution in [0.2, 0.25) is 0 Å². The molecule has 0 radical (unpaired) electrons. The summed E-state index contributed by atoms with van der Waals surface area (Å²) in [5.74, 6) is -0.369. The molecule has 0 unspecified atom stereocenters. The zero-order valence-electron chi connectivity index (χ0n) is 11.2. The van der Waals surface area contributed by atoms with Crippen LogP contribution in [0, 0.1) is 0 Å². The number of thiophene rings is 1. The van der Waals surface area contributed by atoms with Crippen LogP contribution in [-0.4, -0.2) is 58.9 Å². The summed E-state index contributed by atoms with van der Waals surface area (Å²) in [6.45, 7) is 1.01. The minimum Gasteiger partial charge on any atom is -0.468 e. The number of hydrogen-bond donors (Lipinski definition) is 3. The van der Waals surface area contributed by atoms with Gasteiger partial charge in [0.15, 0.2) is 0 Å². The van der Waals surface area contributed by atoms with Crippen LogP contribution in [0.4, 0.5) is 0 Å². The van der Waals surface area contributed by atoms with Crippen LogP contribution >= 0.6 is 11.3 Å². The molecule has 6 nitrogen and oxygen atoms in total. The van der Waals surface area contributed by atoms with E-state index in [1.807, 2.05) is 4.90 Å². The molecule has 2 rings (SSSR count). The number of piperidine rings is 1. The van der Waals surface area contributed by atoms with Crippen molar-refractivity contribution >= 4 is 29.9 Å². The first kappa shape index (κ1) is 15.5. The molecule has 1 aliphatic heterocycles. The Balaban J connectivity index is 2.13. The monoisotopic (exact) mass is 299 g/mol. The highest BCUT2D eigenvalue weighted by Crippen LogP contribution is 2.22. The zero-order chi connectivity index (χ0) is 14.7. The first-order valence-electron chi connectivity index (χ1n) is 6.45. The number of ether oxygens (including phenoxy) is 1. The Hall–Kier alpha value is -0.925. The van der Waals surface area contributed by atoms with Gasteiger partial charge < -0.3 is 19.9 Å². The Labute approximate surface area is 121 Å². The number of hydrogen-bond acceptors (Lipinski definition) is 7. The maximum Gasteiger partial charge on any atom is 0.489 e. The Kier molecular flexibility index (Phi) is 5.17. The van der Waals surface area contributed by atoms with Gasteiger partial charge in [-0.25, -0.2) is 0 Å². The Morgan fingerprint density at radius 1 is 1.60 bits per heavy atom. The summed E-state index contributed by atoms with van der Waals surface area (Å²) < 4.78 is 4.78. The molecule has 110 valence electrons. The Morgan fingerprint density at radius 2 is 2.35 bits per heavy atom. The summed E-state index contributed by atoms with van der Waals surface area (Å²) in [6, 6.07) is 1.17. The number of esters is 1. The van der Waals surface area contributed by atoms with E-state index in [1.54, 1.807) is 11.4 Å². The van der Waals surface area contributed by atoms with Crippen molar-refractivity contribution in [3.63, 3.8) is 0 Å². The van der Waals surface area contributed by atoms with Gasteiger partial charge in [-0.15, -0.1) is 11.3 Å². The van der Waals surface area contributed by atoms with Crippen LogP contribution in [0.25, 0.3) is 0 Å². The predicted octanol–water partition coefficient (Wildman–Crippen LogP) is -1.07. The molecule has 2 atom stereocenters. The highest BCUT2D eigenvalue weighted by molar-refractivity contribution is 7.11. The second-order valence-electron chi connectivity index (χ2n) is 4.86. The molecular weight excluding hydrogens is 281 g/mol. The van der Waals surface area contributed by atoms with Gasteiger partial charge in [-0.05, 0) is 23.7 Å². The van der Waals surface area contributed by atoms with Gasteiger partial charge in [-0.1, -0.05) is 6.07 Å². The molecule has 1 fully saturated rings. The van der Waals surface area contributed by atoms with Crippen LogP contribution in [-0.2, 0) is 16.1 Å². The second-order valence-corrected chi connectivity index (χ2v) is 5.86. The lowest BCUT2D eigenvalue weighted by Gasteiger charge is -2.35. The van der Waals surface area contributed by atoms with Crippen LogP contribution in [0.15, 0.2) is 11.4 Å². The van der Waals surface area contributed by atoms with E-state index in [1.165, 1.54) is 18.4 Å². The molecule has 0 amide bonds. The molecule has 2 heterocycles. The lowest BCUT2D eigenvalue weighted by molar-refractivity contribution is -0.150. The molecule has 0 spiro atoms. The van der Waals surface area contributed by atoms with E-state index in [-0.39, 0.29) is 5.97 Å². The maximum absolute atomic E-state index is 11.8. The van der Waals surface area contributed by atoms with Crippen LogP contribution in [0.5, 0.6) is 0 Å². The fourth-order valence-electron chi connectivity index (χ4n) is 2.46. The molecule has 3 N–H and O–H groups in total. The molecule has 0 aliphatic carbocycles. The number of aliphatic hydroxyl groups excluding tert-OH is 1. The SMILES string of the molecule is COC(=O)[C@@H]1C[C@@H](O)CCN1Cc1sccc1B(O)O. The lowest BCUT2D eigenvalue weighted by Crippen LogP contribution is -2.49. The van der Waals surface area contributed by atoms with E-state index in [4.69, 9.17) is 4.74 Å². The molecule has 1 aromatic heterocycles. The van der Waals surface area contributed by atoms with Gasteiger partial charge in [0.05, 0.1) is 13.2 Å². The van der Waals surface area contributed by atoms with Gasteiger partial charge in [-0.2, -0.15) is 0 Å². The van der Waals surface area contributed by atoms with Gasteiger partial charge >= 0.3 is 13.1 Å². The molecule has 20 heavy (non-hydrogen) atoms. The lowest BCUT2D eigenvalue weighted by atomic mass is 9.80. The third-order valence-corrected chi connectivity index (χ3v) is 4.49. The number of rotatable bonds is 4. The normalized spacial score (nSPS) is 23.6. The highest BCUT2D eigenvalue weighted by Gasteiger charge is 2.34. The van der Waals surface area contributed by atoms with Crippen molar-refractivity contribution in [1.82, 2.24) is 4.90 Å². The van der Waals surface area contributed by atoms with Crippen LogP contribution < -0.4 is 5.46 Å². The summed E-state index contributed by atoms with van der Waals surface area (Å²) >= 11 is 1.42. The molecule has 0 saturated carbocycles. The Bertz CT molecular complexity index is 466. The van der Waals surface area contributed by atoms with Crippen molar-refractivity contribution in [2.45, 2.75) is 31.5 Å². The topological polar surface area (TPSA) is 90.2 Å². The molecule has 0 aromatic carbocycles. The third kappa shape index (κ3) is 3.39. The molecule has 0 bridgehead atoms. The number of carbonyl (C=O) groups excluding carboxylic acids is 1. The Morgan fingerprint density at radius 3 is 3.00 bits per heavy atom. The number of methoxy groups -OCH3 is 1. The largest absolute Gasteiger partial charge is 0.489 e. The van der Waals surface area contributed by atoms with Crippen molar-refractivity contribution in [3.05, 3.63) is 16.3 Å². The van der Waals surface area contributed by atoms with E-state index in [0.29, 0.717) is 31.4 Å². The molecule has 1 aliphatic rings. The van der Waals surface area contributed by atoms with E-state index in [2.05, 4.69) is 0 Å². The van der Waals surface area contributed by atoms with Gasteiger partial charge in [0.25, 0.3) is 0 Å². The fourth-order valence-corrected chi connectivity index (χ4v) is 3.39. The average Bonchev–Trinajstić information content (AvgIpc) is 2.88. The van der Waals surface area contributed by atoms with Crippen LogP contribution in [0.1, 0.15) is 17.7 Å². The van der Waals surface area contributed by atoms with Crippen molar-refractivity contribution < 1.29 is 24.7 Å². The van der Waals surface area contributed by atoms with E-state index in [9.17, 15) is 19.9 Å². The van der Waals surface area contributed by atoms with E-state index < -0.39 is 19.3 Å². The standard InChI is InChI=1S/C12H18BNO5S/c1-19-12(16)10-6-8(15)2-4-14(10)7-11-9(13(17)18)3-5-20-11/h3,5,8,10,15,17-18H,2,4,6-7H2,1H3/t8-,10-/m0/s1. The van der Waals surface area contributed by atoms with Crippen molar-refractivity contribution in [2.75, 3.05) is 13.7 Å². The summed E-state index contributed by atoms with van der Waals surface area (Å²) in [5.41, 5.74) is 0.463. The summed E-state index contributed by atoms with van der Waals surface area (Å²) in [7, 11) is -0.182. The van der Waals surface area contributed by atoms with Crippen molar-refractivity contribution in [3.8, 4) is 0 Å². The quantitative estimate of drug-likeness (QED) is 0.484. The van der Waals surface area contributed by atoms with E-state index >= 15 is 0 Å². The number of nitrogens with zero attached hydrogens (tertiary/aromatic N) is 1. The molecular formula is C12H18BNO5S. The predicted molar refractivity (Wildman–Crippen MR) is 75.6 cm³/mol. The van der Waals surface area contributed by atoms with Gasteiger partial charge in [0.1, 0.15) is 6.04 Å². The highest BCUT2D eigenvalue weighted by atomic mass is 32.1. The van der Waals surface area contributed by atoms with Gasteiger partial charge in [0, 0.05) is 18.0 Å². The van der Waals surface area contributed by atoms with Crippen molar-refractivity contribution in [1.29, 1.82) is 0 Å². The van der Waals surface area contributed by atoms with Crippen LogP contribution in [0.3, 0.4) is 0 Å². The second kappa shape index (κ2) is 6.69.